The minimum Gasteiger partial charge on any atom is -0.508 e. The number of fused-ring (bicyclic) bond motifs is 1. The van der Waals surface area contributed by atoms with Gasteiger partial charge >= 0.3 is 0 Å². The number of thiophene rings is 1. The Morgan fingerprint density at radius 1 is 0.895 bits per heavy atom. The number of likely N-dealkylation sites (tertiary alicyclic amines) is 1. The molecule has 5 rings (SSSR count). The molecule has 0 bridgehead atoms. The van der Waals surface area contributed by atoms with Gasteiger partial charge in [0.2, 0.25) is 0 Å². The van der Waals surface area contributed by atoms with Crippen molar-refractivity contribution in [1.82, 2.24) is 4.90 Å². The van der Waals surface area contributed by atoms with Crippen LogP contribution in [-0.4, -0.2) is 48.0 Å². The number of benzene rings is 3. The predicted octanol–water partition coefficient (Wildman–Crippen LogP) is 6.86. The van der Waals surface area contributed by atoms with Crippen LogP contribution in [0.2, 0.25) is 0 Å². The molecule has 0 amide bonds. The second-order valence-electron chi connectivity index (χ2n) is 9.55. The van der Waals surface area contributed by atoms with Gasteiger partial charge in [0.1, 0.15) is 30.0 Å². The highest BCUT2D eigenvalue weighted by Gasteiger charge is 2.25. The van der Waals surface area contributed by atoms with Crippen molar-refractivity contribution in [2.24, 2.45) is 0 Å². The zero-order chi connectivity index (χ0) is 26.3. The second-order valence-corrected chi connectivity index (χ2v) is 10.6. The molecular weight excluding hydrogens is 496 g/mol. The molecule has 1 saturated heterocycles. The predicted molar refractivity (Wildman–Crippen MR) is 151 cm³/mol. The third kappa shape index (κ3) is 6.11. The lowest BCUT2D eigenvalue weighted by atomic mass is 9.95. The Morgan fingerprint density at radius 3 is 2.37 bits per heavy atom. The van der Waals surface area contributed by atoms with Gasteiger partial charge < -0.3 is 19.7 Å². The number of hydrogen-bond donors (Lipinski definition) is 2. The van der Waals surface area contributed by atoms with Crippen molar-refractivity contribution in [3.8, 4) is 33.8 Å². The van der Waals surface area contributed by atoms with Gasteiger partial charge in [0.25, 0.3) is 0 Å². The molecule has 38 heavy (non-hydrogen) atoms. The molecule has 4 aromatic rings. The van der Waals surface area contributed by atoms with Crippen LogP contribution in [0.3, 0.4) is 0 Å². The SMILES string of the molecule is N#CCCOC(c1ccc(OCCN2CCCCC2)cc1)c1c(-c2ccc(O)cc2)sc2cc(O)ccc12. The monoisotopic (exact) mass is 528 g/mol. The molecule has 1 aliphatic heterocycles. The number of ether oxygens (including phenoxy) is 2. The van der Waals surface area contributed by atoms with E-state index in [0.29, 0.717) is 13.2 Å². The third-order valence-corrected chi connectivity index (χ3v) is 8.13. The fourth-order valence-electron chi connectivity index (χ4n) is 4.98. The zero-order valence-electron chi connectivity index (χ0n) is 21.3. The van der Waals surface area contributed by atoms with Crippen LogP contribution in [-0.2, 0) is 4.74 Å². The van der Waals surface area contributed by atoms with Gasteiger partial charge in [-0.3, -0.25) is 4.90 Å². The minimum atomic E-state index is -0.423. The summed E-state index contributed by atoms with van der Waals surface area (Å²) >= 11 is 1.57. The Morgan fingerprint density at radius 2 is 1.63 bits per heavy atom. The quantitative estimate of drug-likeness (QED) is 0.219. The van der Waals surface area contributed by atoms with Crippen LogP contribution in [0.25, 0.3) is 20.5 Å². The molecule has 7 heteroatoms. The number of aromatic hydroxyl groups is 2. The number of phenols is 2. The number of nitrogens with zero attached hydrogens (tertiary/aromatic N) is 2. The van der Waals surface area contributed by atoms with E-state index < -0.39 is 6.10 Å². The van der Waals surface area contributed by atoms with E-state index in [4.69, 9.17) is 14.7 Å². The standard InChI is InChI=1S/C31H32N2O4S/c32-15-4-19-37-30(22-7-12-26(13-8-22)36-20-18-33-16-2-1-3-17-33)29-27-14-11-25(35)21-28(27)38-31(29)23-5-9-24(34)10-6-23/h5-14,21,30,34-35H,1-4,16-20H2. The van der Waals surface area contributed by atoms with Gasteiger partial charge in [0.05, 0.1) is 19.1 Å². The van der Waals surface area contributed by atoms with Gasteiger partial charge in [-0.05, 0) is 97.0 Å². The van der Waals surface area contributed by atoms with Crippen molar-refractivity contribution in [3.63, 3.8) is 0 Å². The van der Waals surface area contributed by atoms with Gasteiger partial charge in [-0.25, -0.2) is 0 Å². The molecule has 6 nitrogen and oxygen atoms in total. The van der Waals surface area contributed by atoms with E-state index in [1.807, 2.05) is 42.5 Å². The minimum absolute atomic E-state index is 0.201. The van der Waals surface area contributed by atoms with E-state index in [-0.39, 0.29) is 17.9 Å². The summed E-state index contributed by atoms with van der Waals surface area (Å²) in [4.78, 5) is 3.45. The maximum Gasteiger partial charge on any atom is 0.119 e. The van der Waals surface area contributed by atoms with E-state index >= 15 is 0 Å². The number of hydrogen-bond acceptors (Lipinski definition) is 7. The summed E-state index contributed by atoms with van der Waals surface area (Å²) in [5.41, 5.74) is 2.89. The van der Waals surface area contributed by atoms with Crippen molar-refractivity contribution in [2.45, 2.75) is 31.8 Å². The lowest BCUT2D eigenvalue weighted by molar-refractivity contribution is 0.0861. The van der Waals surface area contributed by atoms with Crippen LogP contribution >= 0.6 is 11.3 Å². The molecule has 196 valence electrons. The van der Waals surface area contributed by atoms with Crippen LogP contribution in [0.4, 0.5) is 0 Å². The Hall–Kier alpha value is -3.57. The van der Waals surface area contributed by atoms with Crippen molar-refractivity contribution in [2.75, 3.05) is 32.8 Å². The Balaban J connectivity index is 1.46. The first-order valence-corrected chi connectivity index (χ1v) is 13.9. The molecular formula is C31H32N2O4S. The normalized spacial score (nSPS) is 14.8. The molecule has 1 atom stereocenters. The lowest BCUT2D eigenvalue weighted by Gasteiger charge is -2.26. The number of rotatable bonds is 10. The van der Waals surface area contributed by atoms with Crippen LogP contribution in [0.5, 0.6) is 17.2 Å². The highest BCUT2D eigenvalue weighted by atomic mass is 32.1. The molecule has 0 radical (unpaired) electrons. The van der Waals surface area contributed by atoms with Crippen LogP contribution in [0.1, 0.15) is 42.9 Å². The largest absolute Gasteiger partial charge is 0.508 e. The summed E-state index contributed by atoms with van der Waals surface area (Å²) in [6, 6.07) is 22.6. The van der Waals surface area contributed by atoms with E-state index in [9.17, 15) is 10.2 Å². The molecule has 1 fully saturated rings. The summed E-state index contributed by atoms with van der Waals surface area (Å²) in [6.07, 6.45) is 3.72. The number of piperidine rings is 1. The van der Waals surface area contributed by atoms with Crippen LogP contribution in [0.15, 0.2) is 66.7 Å². The molecule has 2 heterocycles. The Labute approximate surface area is 227 Å². The molecule has 0 spiro atoms. The molecule has 3 aromatic carbocycles. The van der Waals surface area contributed by atoms with Gasteiger partial charge in [0.15, 0.2) is 0 Å². The molecule has 2 N–H and O–H groups in total. The van der Waals surface area contributed by atoms with E-state index in [0.717, 1.165) is 57.0 Å². The Bertz CT molecular complexity index is 1390. The topological polar surface area (TPSA) is 86.0 Å². The van der Waals surface area contributed by atoms with Crippen molar-refractivity contribution in [3.05, 3.63) is 77.9 Å². The first-order chi connectivity index (χ1) is 18.6. The van der Waals surface area contributed by atoms with Gasteiger partial charge in [0, 0.05) is 21.7 Å². The summed E-state index contributed by atoms with van der Waals surface area (Å²) in [5, 5.41) is 30.1. The summed E-state index contributed by atoms with van der Waals surface area (Å²) < 4.78 is 13.3. The maximum absolute atomic E-state index is 10.1. The highest BCUT2D eigenvalue weighted by Crippen LogP contribution is 2.46. The van der Waals surface area contributed by atoms with Gasteiger partial charge in [-0.15, -0.1) is 11.3 Å². The highest BCUT2D eigenvalue weighted by molar-refractivity contribution is 7.22. The Kier molecular flexibility index (Phi) is 8.44. The van der Waals surface area contributed by atoms with Gasteiger partial charge in [-0.2, -0.15) is 5.26 Å². The van der Waals surface area contributed by atoms with E-state index in [1.165, 1.54) is 19.3 Å². The molecule has 1 aliphatic rings. The fourth-order valence-corrected chi connectivity index (χ4v) is 6.24. The lowest BCUT2D eigenvalue weighted by Crippen LogP contribution is -2.33. The van der Waals surface area contributed by atoms with Crippen molar-refractivity contribution in [1.29, 1.82) is 5.26 Å². The van der Waals surface area contributed by atoms with Gasteiger partial charge in [-0.1, -0.05) is 18.6 Å². The molecule has 1 unspecified atom stereocenters. The maximum atomic E-state index is 10.1. The molecule has 0 saturated carbocycles. The fraction of sp³-hybridized carbons (Fsp3) is 0.323. The van der Waals surface area contributed by atoms with E-state index in [2.05, 4.69) is 11.0 Å². The van der Waals surface area contributed by atoms with Crippen LogP contribution < -0.4 is 4.74 Å². The average Bonchev–Trinajstić information content (AvgIpc) is 3.31. The third-order valence-electron chi connectivity index (χ3n) is 6.91. The first kappa shape index (κ1) is 26.1. The summed E-state index contributed by atoms with van der Waals surface area (Å²) in [6.45, 7) is 4.19. The van der Waals surface area contributed by atoms with Crippen molar-refractivity contribution >= 4 is 21.4 Å². The second kappa shape index (κ2) is 12.3. The van der Waals surface area contributed by atoms with E-state index in [1.54, 1.807) is 35.6 Å². The average molecular weight is 529 g/mol. The summed E-state index contributed by atoms with van der Waals surface area (Å²) in [5.74, 6) is 1.22. The molecule has 1 aromatic heterocycles. The number of phenolic OH excluding ortho intramolecular Hbond substituents is 2. The van der Waals surface area contributed by atoms with Crippen molar-refractivity contribution < 1.29 is 19.7 Å². The number of nitriles is 1. The van der Waals surface area contributed by atoms with Crippen LogP contribution in [0, 0.1) is 11.3 Å². The molecule has 0 aliphatic carbocycles. The summed E-state index contributed by atoms with van der Waals surface area (Å²) in [7, 11) is 0. The zero-order valence-corrected chi connectivity index (χ0v) is 22.1. The smallest absolute Gasteiger partial charge is 0.119 e. The first-order valence-electron chi connectivity index (χ1n) is 13.1.